The zero-order valence-electron chi connectivity index (χ0n) is 33.7. The highest BCUT2D eigenvalue weighted by atomic mass is 19.3. The van der Waals surface area contributed by atoms with Crippen LogP contribution in [0.5, 0.6) is 0 Å². The van der Waals surface area contributed by atoms with Crippen molar-refractivity contribution in [1.29, 1.82) is 0 Å². The number of aromatic nitrogens is 3. The number of alkyl halides is 2. The molecule has 0 radical (unpaired) electrons. The van der Waals surface area contributed by atoms with E-state index in [0.717, 1.165) is 25.7 Å². The molecule has 2 heterocycles. The summed E-state index contributed by atoms with van der Waals surface area (Å²) in [5.74, 6) is -0.890. The number of halogens is 2. The third kappa shape index (κ3) is 6.10. The predicted octanol–water partition coefficient (Wildman–Crippen LogP) is 7.16. The molecule has 0 spiro atoms. The number of fused-ring (bicyclic) bond motifs is 3. The lowest BCUT2D eigenvalue weighted by molar-refractivity contribution is -0.252. The summed E-state index contributed by atoms with van der Waals surface area (Å²) in [5, 5.41) is 17.9. The van der Waals surface area contributed by atoms with E-state index in [1.807, 2.05) is 6.92 Å². The van der Waals surface area contributed by atoms with Crippen molar-refractivity contribution in [3.63, 3.8) is 0 Å². The molecule has 5 aliphatic rings. The first-order chi connectivity index (χ1) is 24.6. The Kier molecular flexibility index (Phi) is 10.4. The maximum Gasteiger partial charge on any atom is 0.307 e. The summed E-state index contributed by atoms with van der Waals surface area (Å²) in [6, 6.07) is -0.346. The lowest BCUT2D eigenvalue weighted by Crippen LogP contribution is -2.69. The molecule has 12 heteroatoms. The molecule has 3 saturated carbocycles. The van der Waals surface area contributed by atoms with E-state index in [0.29, 0.717) is 38.6 Å². The molecule has 298 valence electrons. The van der Waals surface area contributed by atoms with Crippen LogP contribution in [0.3, 0.4) is 0 Å². The average molecular weight is 746 g/mol. The van der Waals surface area contributed by atoms with E-state index in [4.69, 9.17) is 15.2 Å². The first-order valence-corrected chi connectivity index (χ1v) is 20.0. The van der Waals surface area contributed by atoms with E-state index >= 15 is 0 Å². The van der Waals surface area contributed by atoms with Gasteiger partial charge in [0.1, 0.15) is 6.33 Å². The summed E-state index contributed by atoms with van der Waals surface area (Å²) < 4.78 is 41.2. The van der Waals surface area contributed by atoms with Crippen LogP contribution in [-0.4, -0.2) is 76.2 Å². The number of nitrogens with one attached hydrogen (secondary N) is 1. The Bertz CT molecular complexity index is 1600. The first kappa shape index (κ1) is 40.2. The number of hydrogen-bond acceptors (Lipinski definition) is 7. The van der Waals surface area contributed by atoms with Gasteiger partial charge in [-0.1, -0.05) is 74.0 Å². The highest BCUT2D eigenvalue weighted by Gasteiger charge is 2.72. The number of rotatable bonds is 11. The molecule has 1 aromatic rings. The lowest BCUT2D eigenvalue weighted by Gasteiger charge is -2.71. The fourth-order valence-electron chi connectivity index (χ4n) is 12.4. The summed E-state index contributed by atoms with van der Waals surface area (Å²) in [7, 11) is 0. The van der Waals surface area contributed by atoms with Crippen LogP contribution in [0.4, 0.5) is 8.78 Å². The van der Waals surface area contributed by atoms with Gasteiger partial charge in [0, 0.05) is 16.4 Å². The number of nitrogens with two attached hydrogens (primary N) is 1. The van der Waals surface area contributed by atoms with Crippen molar-refractivity contribution in [2.24, 2.45) is 68.3 Å². The van der Waals surface area contributed by atoms with Crippen LogP contribution >= 0.6 is 0 Å². The molecule has 10 nitrogen and oxygen atoms in total. The molecule has 12 atom stereocenters. The Morgan fingerprint density at radius 1 is 1.11 bits per heavy atom. The van der Waals surface area contributed by atoms with Gasteiger partial charge in [-0.3, -0.25) is 9.59 Å². The van der Waals surface area contributed by atoms with Gasteiger partial charge in [-0.25, -0.2) is 18.4 Å². The standard InChI is InChI=1S/C41H65F2N5O5/c1-23(2)25(5)36(6)15-16-38(8)26-11-12-29-37(7)19-52-21-41(29,27(26)13-14-39(38,9)31(36)35(50)51)17-28(32(37)53-20-40(10,44)24(3)4)48-22-46-33(47-48)34(49)45-18-30(42)43/h13,22-26,28-32H,11-12,14-21,44H2,1-10H3,(H,45,49)(H,50,51)/t25-,26+,28-,29+,31-,32+,36-,37+,38-,39+,40+,41?/m1/s1. The van der Waals surface area contributed by atoms with Crippen molar-refractivity contribution in [3.8, 4) is 0 Å². The molecule has 1 amide bonds. The highest BCUT2D eigenvalue weighted by Crippen LogP contribution is 2.75. The van der Waals surface area contributed by atoms with Crippen molar-refractivity contribution in [2.45, 2.75) is 132 Å². The van der Waals surface area contributed by atoms with Crippen LogP contribution in [0, 0.1) is 62.6 Å². The summed E-state index contributed by atoms with van der Waals surface area (Å²) in [4.78, 5) is 30.6. The number of carbonyl (C=O) groups is 2. The second-order valence-electron chi connectivity index (χ2n) is 19.7. The van der Waals surface area contributed by atoms with Crippen molar-refractivity contribution in [3.05, 3.63) is 23.8 Å². The fraction of sp³-hybridized carbons (Fsp3) is 0.854. The molecule has 4 aliphatic carbocycles. The fourth-order valence-corrected chi connectivity index (χ4v) is 12.4. The van der Waals surface area contributed by atoms with Crippen LogP contribution in [0.25, 0.3) is 0 Å². The summed E-state index contributed by atoms with van der Waals surface area (Å²) in [5.41, 5.74) is 5.72. The van der Waals surface area contributed by atoms with Crippen LogP contribution in [0.2, 0.25) is 0 Å². The van der Waals surface area contributed by atoms with Gasteiger partial charge in [-0.05, 0) is 91.3 Å². The summed E-state index contributed by atoms with van der Waals surface area (Å²) >= 11 is 0. The second-order valence-corrected chi connectivity index (χ2v) is 19.7. The van der Waals surface area contributed by atoms with Crippen molar-refractivity contribution in [2.75, 3.05) is 26.4 Å². The van der Waals surface area contributed by atoms with Crippen LogP contribution < -0.4 is 11.1 Å². The Hall–Kier alpha value is -2.44. The zero-order chi connectivity index (χ0) is 39.1. The number of amides is 1. The smallest absolute Gasteiger partial charge is 0.307 e. The topological polar surface area (TPSA) is 142 Å². The molecule has 1 unspecified atom stereocenters. The predicted molar refractivity (Wildman–Crippen MR) is 198 cm³/mol. The van der Waals surface area contributed by atoms with Gasteiger partial charge in [-0.15, -0.1) is 5.10 Å². The third-order valence-electron chi connectivity index (χ3n) is 16.5. The minimum atomic E-state index is -2.69. The minimum absolute atomic E-state index is 0.156. The Balaban J connectivity index is 1.44. The Morgan fingerprint density at radius 3 is 2.43 bits per heavy atom. The molecule has 1 aliphatic heterocycles. The molecule has 4 N–H and O–H groups in total. The maximum atomic E-state index is 13.5. The average Bonchev–Trinajstić information content (AvgIpc) is 3.56. The van der Waals surface area contributed by atoms with Crippen molar-refractivity contribution in [1.82, 2.24) is 20.1 Å². The van der Waals surface area contributed by atoms with Crippen molar-refractivity contribution >= 4 is 11.9 Å². The molecular weight excluding hydrogens is 680 g/mol. The number of allylic oxidation sites excluding steroid dienone is 1. The van der Waals surface area contributed by atoms with Crippen LogP contribution in [0.15, 0.2) is 18.0 Å². The maximum absolute atomic E-state index is 13.5. The molecule has 0 aromatic carbocycles. The van der Waals surface area contributed by atoms with E-state index in [1.54, 1.807) is 4.68 Å². The number of ether oxygens (including phenoxy) is 2. The van der Waals surface area contributed by atoms with E-state index in [2.05, 4.69) is 83.8 Å². The third-order valence-corrected chi connectivity index (χ3v) is 16.5. The summed E-state index contributed by atoms with van der Waals surface area (Å²) in [6.45, 7) is 22.5. The van der Waals surface area contributed by atoms with E-state index < -0.39 is 47.1 Å². The van der Waals surface area contributed by atoms with Crippen LogP contribution in [-0.2, 0) is 14.3 Å². The van der Waals surface area contributed by atoms with Gasteiger partial charge in [0.15, 0.2) is 0 Å². The Morgan fingerprint density at radius 2 is 1.81 bits per heavy atom. The zero-order valence-corrected chi connectivity index (χ0v) is 33.7. The molecule has 1 aromatic heterocycles. The normalized spacial score (nSPS) is 41.2. The largest absolute Gasteiger partial charge is 0.481 e. The molecule has 53 heavy (non-hydrogen) atoms. The molecule has 4 fully saturated rings. The highest BCUT2D eigenvalue weighted by molar-refractivity contribution is 5.90. The number of carboxylic acids is 1. The van der Waals surface area contributed by atoms with Gasteiger partial charge in [0.25, 0.3) is 12.3 Å². The van der Waals surface area contributed by atoms with Gasteiger partial charge < -0.3 is 25.6 Å². The quantitative estimate of drug-likeness (QED) is 0.203. The first-order valence-electron chi connectivity index (χ1n) is 20.0. The monoisotopic (exact) mass is 745 g/mol. The van der Waals surface area contributed by atoms with Crippen LogP contribution in [0.1, 0.15) is 124 Å². The minimum Gasteiger partial charge on any atom is -0.481 e. The SMILES string of the molecule is CC(C)[C@@H](C)[C@@]1(C)CC[C@]2(C)[C@H]3CC[C@@H]4C5(COC[C@]4(C)[C@@H](OC[C@](C)(N)C(C)C)[C@H](n4cnc(C(=O)NCC(F)F)n4)C5)C3=CC[C@@]2(C)[C@@H]1C(=O)O. The van der Waals surface area contributed by atoms with Gasteiger partial charge in [0.2, 0.25) is 5.82 Å². The second kappa shape index (κ2) is 13.6. The lowest BCUT2D eigenvalue weighted by atomic mass is 9.34. The van der Waals surface area contributed by atoms with E-state index in [-0.39, 0.29) is 57.9 Å². The number of hydrogen-bond donors (Lipinski definition) is 3. The number of aliphatic carboxylic acids is 1. The summed E-state index contributed by atoms with van der Waals surface area (Å²) in [6.07, 6.45) is 5.93. The van der Waals surface area contributed by atoms with E-state index in [9.17, 15) is 23.5 Å². The van der Waals surface area contributed by atoms with Gasteiger partial charge in [-0.2, -0.15) is 0 Å². The Labute approximate surface area is 314 Å². The van der Waals surface area contributed by atoms with Gasteiger partial charge in [0.05, 0.1) is 44.4 Å². The number of carbonyl (C=O) groups excluding carboxylic acids is 1. The molecule has 6 rings (SSSR count). The van der Waals surface area contributed by atoms with Gasteiger partial charge >= 0.3 is 5.97 Å². The molecule has 1 saturated heterocycles. The van der Waals surface area contributed by atoms with E-state index in [1.165, 1.54) is 11.9 Å². The van der Waals surface area contributed by atoms with Crippen molar-refractivity contribution < 1.29 is 33.0 Å². The number of carboxylic acid groups (broad SMARTS) is 1. The molecular formula is C41H65F2N5O5. The molecule has 2 bridgehead atoms. The number of nitrogens with zero attached hydrogens (tertiary/aromatic N) is 3.